The van der Waals surface area contributed by atoms with E-state index in [0.29, 0.717) is 29.1 Å². The van der Waals surface area contributed by atoms with Crippen molar-refractivity contribution in [2.24, 2.45) is 0 Å². The average molecular weight is 289 g/mol. The lowest BCUT2D eigenvalue weighted by atomic mass is 10.4. The van der Waals surface area contributed by atoms with Crippen molar-refractivity contribution < 1.29 is 19.1 Å². The van der Waals surface area contributed by atoms with Gasteiger partial charge in [-0.25, -0.2) is 4.79 Å². The van der Waals surface area contributed by atoms with Crippen molar-refractivity contribution >= 4 is 40.3 Å². The molecule has 0 aliphatic carbocycles. The zero-order valence-corrected chi connectivity index (χ0v) is 11.2. The molecule has 7 nitrogen and oxygen atoms in total. The Morgan fingerprint density at radius 3 is 3.17 bits per heavy atom. The minimum absolute atomic E-state index is 0.227. The molecule has 0 radical (unpaired) electrons. The summed E-state index contributed by atoms with van der Waals surface area (Å²) >= 11 is 2.50. The Kier molecular flexibility index (Phi) is 4.37. The van der Waals surface area contributed by atoms with E-state index >= 15 is 0 Å². The largest absolute Gasteiger partial charge is 0.465 e. The van der Waals surface area contributed by atoms with Crippen molar-refractivity contribution in [3.05, 3.63) is 0 Å². The number of thioether (sulfide) groups is 1. The highest BCUT2D eigenvalue weighted by molar-refractivity contribution is 8.02. The van der Waals surface area contributed by atoms with Gasteiger partial charge in [-0.2, -0.15) is 0 Å². The number of hydrogen-bond donors (Lipinski definition) is 1. The standard InChI is InChI=1S/C9H11N3O4S2/c1-2-15-8(14)10-7-11-12-9(18-7)17-5-3-4-16-6(5)13/h5H,2-4H2,1H3,(H,10,11,14)/t5-/m0/s1. The van der Waals surface area contributed by atoms with E-state index in [1.54, 1.807) is 6.92 Å². The third kappa shape index (κ3) is 3.33. The van der Waals surface area contributed by atoms with E-state index in [0.717, 1.165) is 0 Å². The molecular weight excluding hydrogens is 278 g/mol. The molecule has 0 bridgehead atoms. The van der Waals surface area contributed by atoms with Crippen LogP contribution in [0.2, 0.25) is 0 Å². The summed E-state index contributed by atoms with van der Waals surface area (Å²) in [6, 6.07) is 0. The molecule has 0 aromatic carbocycles. The second-order valence-electron chi connectivity index (χ2n) is 3.28. The van der Waals surface area contributed by atoms with Crippen LogP contribution in [-0.2, 0) is 14.3 Å². The molecule has 1 atom stereocenters. The van der Waals surface area contributed by atoms with Crippen LogP contribution in [0.15, 0.2) is 4.34 Å². The van der Waals surface area contributed by atoms with E-state index in [-0.39, 0.29) is 11.2 Å². The van der Waals surface area contributed by atoms with Gasteiger partial charge in [-0.1, -0.05) is 23.1 Å². The summed E-state index contributed by atoms with van der Waals surface area (Å²) in [4.78, 5) is 22.4. The maximum atomic E-state index is 11.3. The van der Waals surface area contributed by atoms with Gasteiger partial charge in [-0.05, 0) is 6.92 Å². The number of ether oxygens (including phenoxy) is 2. The highest BCUT2D eigenvalue weighted by atomic mass is 32.2. The number of cyclic esters (lactones) is 1. The molecule has 1 aliphatic rings. The molecule has 1 amide bonds. The van der Waals surface area contributed by atoms with Crippen LogP contribution in [0.4, 0.5) is 9.93 Å². The molecule has 1 aromatic heterocycles. The van der Waals surface area contributed by atoms with Gasteiger partial charge in [0, 0.05) is 6.42 Å². The molecule has 98 valence electrons. The van der Waals surface area contributed by atoms with Crippen LogP contribution in [0.3, 0.4) is 0 Å². The number of carbonyl (C=O) groups is 2. The molecule has 2 heterocycles. The number of amides is 1. The van der Waals surface area contributed by atoms with Crippen LogP contribution in [0.5, 0.6) is 0 Å². The first-order valence-corrected chi connectivity index (χ1v) is 6.99. The molecule has 0 saturated carbocycles. The van der Waals surface area contributed by atoms with Crippen LogP contribution >= 0.6 is 23.1 Å². The smallest absolute Gasteiger partial charge is 0.413 e. The van der Waals surface area contributed by atoms with Crippen LogP contribution in [0.1, 0.15) is 13.3 Å². The average Bonchev–Trinajstić information content (AvgIpc) is 2.90. The zero-order chi connectivity index (χ0) is 13.0. The molecular formula is C9H11N3O4S2. The van der Waals surface area contributed by atoms with Crippen molar-refractivity contribution in [1.82, 2.24) is 10.2 Å². The van der Waals surface area contributed by atoms with E-state index in [4.69, 9.17) is 9.47 Å². The van der Waals surface area contributed by atoms with Crippen LogP contribution in [0.25, 0.3) is 0 Å². The third-order valence-corrected chi connectivity index (χ3v) is 4.19. The first kappa shape index (κ1) is 13.1. The molecule has 1 fully saturated rings. The summed E-state index contributed by atoms with van der Waals surface area (Å²) in [5.41, 5.74) is 0. The summed E-state index contributed by atoms with van der Waals surface area (Å²) in [6.07, 6.45) is 0.106. The number of nitrogens with one attached hydrogen (secondary N) is 1. The van der Waals surface area contributed by atoms with Gasteiger partial charge in [0.1, 0.15) is 5.25 Å². The van der Waals surface area contributed by atoms with Gasteiger partial charge >= 0.3 is 12.1 Å². The van der Waals surface area contributed by atoms with Crippen molar-refractivity contribution in [2.45, 2.75) is 22.9 Å². The quantitative estimate of drug-likeness (QED) is 0.663. The minimum atomic E-state index is -0.564. The van der Waals surface area contributed by atoms with Gasteiger partial charge < -0.3 is 9.47 Å². The summed E-state index contributed by atoms with van der Waals surface area (Å²) in [5, 5.41) is 10.2. The first-order chi connectivity index (χ1) is 8.69. The lowest BCUT2D eigenvalue weighted by Gasteiger charge is -2.00. The number of aromatic nitrogens is 2. The molecule has 2 rings (SSSR count). The van der Waals surface area contributed by atoms with E-state index in [1.807, 2.05) is 0 Å². The molecule has 0 unspecified atom stereocenters. The van der Waals surface area contributed by atoms with E-state index < -0.39 is 6.09 Å². The first-order valence-electron chi connectivity index (χ1n) is 5.29. The Bertz CT molecular complexity index is 451. The van der Waals surface area contributed by atoms with Gasteiger partial charge in [0.15, 0.2) is 4.34 Å². The molecule has 18 heavy (non-hydrogen) atoms. The number of hydrogen-bond acceptors (Lipinski definition) is 8. The highest BCUT2D eigenvalue weighted by Crippen LogP contribution is 2.32. The van der Waals surface area contributed by atoms with E-state index in [1.165, 1.54) is 23.1 Å². The Morgan fingerprint density at radius 1 is 1.67 bits per heavy atom. The number of anilines is 1. The number of nitrogens with zero attached hydrogens (tertiary/aromatic N) is 2. The van der Waals surface area contributed by atoms with Crippen molar-refractivity contribution in [3.63, 3.8) is 0 Å². The second-order valence-corrected chi connectivity index (χ2v) is 5.71. The minimum Gasteiger partial charge on any atom is -0.465 e. The lowest BCUT2D eigenvalue weighted by Crippen LogP contribution is -2.12. The fourth-order valence-electron chi connectivity index (χ4n) is 1.27. The maximum absolute atomic E-state index is 11.3. The Hall–Kier alpha value is -1.35. The predicted molar refractivity (Wildman–Crippen MR) is 65.8 cm³/mol. The molecule has 9 heteroatoms. The topological polar surface area (TPSA) is 90.4 Å². The monoisotopic (exact) mass is 289 g/mol. The summed E-state index contributed by atoms with van der Waals surface area (Å²) in [6.45, 7) is 2.45. The number of carbonyl (C=O) groups excluding carboxylic acids is 2. The molecule has 1 aromatic rings. The number of rotatable bonds is 4. The van der Waals surface area contributed by atoms with Crippen LogP contribution in [0, 0.1) is 0 Å². The normalized spacial score (nSPS) is 18.5. The fourth-order valence-corrected chi connectivity index (χ4v) is 3.22. The summed E-state index contributed by atoms with van der Waals surface area (Å²) in [5.74, 6) is -0.227. The molecule has 1 N–H and O–H groups in total. The third-order valence-electron chi connectivity index (χ3n) is 2.02. The Balaban J connectivity index is 1.89. The van der Waals surface area contributed by atoms with Gasteiger partial charge in [-0.3, -0.25) is 10.1 Å². The summed E-state index contributed by atoms with van der Waals surface area (Å²) < 4.78 is 10.2. The summed E-state index contributed by atoms with van der Waals surface area (Å²) in [7, 11) is 0. The van der Waals surface area contributed by atoms with Crippen molar-refractivity contribution in [2.75, 3.05) is 18.5 Å². The van der Waals surface area contributed by atoms with Gasteiger partial charge in [0.2, 0.25) is 5.13 Å². The van der Waals surface area contributed by atoms with Crippen molar-refractivity contribution in [3.8, 4) is 0 Å². The van der Waals surface area contributed by atoms with Crippen LogP contribution < -0.4 is 5.32 Å². The molecule has 1 saturated heterocycles. The van der Waals surface area contributed by atoms with Crippen LogP contribution in [-0.4, -0.2) is 40.7 Å². The second kappa shape index (κ2) is 6.01. The maximum Gasteiger partial charge on any atom is 0.413 e. The van der Waals surface area contributed by atoms with E-state index in [2.05, 4.69) is 15.5 Å². The lowest BCUT2D eigenvalue weighted by molar-refractivity contribution is -0.137. The predicted octanol–water partition coefficient (Wildman–Crippen LogP) is 1.51. The molecule has 0 spiro atoms. The molecule has 1 aliphatic heterocycles. The fraction of sp³-hybridized carbons (Fsp3) is 0.556. The SMILES string of the molecule is CCOC(=O)Nc1nnc(S[C@H]2CCOC2=O)s1. The van der Waals surface area contributed by atoms with E-state index in [9.17, 15) is 9.59 Å². The zero-order valence-electron chi connectivity index (χ0n) is 9.54. The van der Waals surface area contributed by atoms with Crippen molar-refractivity contribution in [1.29, 1.82) is 0 Å². The Labute approximate surface area is 111 Å². The van der Waals surface area contributed by atoms with Gasteiger partial charge in [0.25, 0.3) is 0 Å². The highest BCUT2D eigenvalue weighted by Gasteiger charge is 2.28. The Morgan fingerprint density at radius 2 is 2.50 bits per heavy atom. The van der Waals surface area contributed by atoms with Gasteiger partial charge in [-0.15, -0.1) is 10.2 Å². The van der Waals surface area contributed by atoms with Gasteiger partial charge in [0.05, 0.1) is 13.2 Å². The number of esters is 1.